The van der Waals surface area contributed by atoms with Crippen molar-refractivity contribution in [3.8, 4) is 0 Å². The lowest BCUT2D eigenvalue weighted by Crippen LogP contribution is -2.35. The van der Waals surface area contributed by atoms with Gasteiger partial charge in [0, 0.05) is 26.0 Å². The van der Waals surface area contributed by atoms with Crippen molar-refractivity contribution in [2.45, 2.75) is 128 Å². The number of methoxy groups -OCH3 is 2. The zero-order valence-corrected chi connectivity index (χ0v) is 25.8. The van der Waals surface area contributed by atoms with Crippen molar-refractivity contribution in [3.05, 3.63) is 0 Å². The lowest BCUT2D eigenvalue weighted by molar-refractivity contribution is -0.141. The molecule has 0 saturated heterocycles. The topological polar surface area (TPSA) is 164 Å². The van der Waals surface area contributed by atoms with E-state index in [4.69, 9.17) is 19.5 Å². The number of esters is 2. The van der Waals surface area contributed by atoms with Crippen LogP contribution < -0.4 is 5.73 Å². The number of nitrogens with two attached hydrogens (primary N) is 1. The van der Waals surface area contributed by atoms with E-state index in [1.165, 1.54) is 59.2 Å². The van der Waals surface area contributed by atoms with E-state index in [1.54, 1.807) is 0 Å². The van der Waals surface area contributed by atoms with Crippen LogP contribution in [0.3, 0.4) is 0 Å². The fourth-order valence-electron chi connectivity index (χ4n) is 4.32. The maximum atomic E-state index is 12.3. The molecule has 1 unspecified atom stereocenters. The Labute approximate surface area is 241 Å². The Morgan fingerprint density at radius 2 is 1.15 bits per heavy atom. The van der Waals surface area contributed by atoms with Crippen LogP contribution in [-0.2, 0) is 37.4 Å². The summed E-state index contributed by atoms with van der Waals surface area (Å²) in [5, 5.41) is 9.87. The fraction of sp³-hybridized carbons (Fsp3) is 0.929. The third-order valence-corrected chi connectivity index (χ3v) is 7.71. The summed E-state index contributed by atoms with van der Waals surface area (Å²) in [5.74, 6) is -0.417. The number of ether oxygens (including phenoxy) is 3. The molecule has 0 aliphatic carbocycles. The molecule has 0 heterocycles. The minimum absolute atomic E-state index is 0.0805. The SMILES string of the molecule is COC(=O)CCCCCCCCCCCCCCC[C@@H](OP(=O)(O)OCCN)[C@H](CO)OCCCCC(=O)OC. The van der Waals surface area contributed by atoms with Crippen LogP contribution in [0.5, 0.6) is 0 Å². The van der Waals surface area contributed by atoms with Gasteiger partial charge in [0.25, 0.3) is 0 Å². The number of rotatable bonds is 29. The Morgan fingerprint density at radius 1 is 0.700 bits per heavy atom. The smallest absolute Gasteiger partial charge is 0.469 e. The monoisotopic (exact) mass is 597 g/mol. The molecule has 0 aromatic heterocycles. The van der Waals surface area contributed by atoms with Crippen molar-refractivity contribution < 1.29 is 47.4 Å². The molecule has 0 bridgehead atoms. The second-order valence-electron chi connectivity index (χ2n) is 10.1. The molecule has 40 heavy (non-hydrogen) atoms. The van der Waals surface area contributed by atoms with E-state index in [0.717, 1.165) is 38.5 Å². The van der Waals surface area contributed by atoms with E-state index in [0.29, 0.717) is 25.7 Å². The van der Waals surface area contributed by atoms with E-state index in [2.05, 4.69) is 9.47 Å². The highest BCUT2D eigenvalue weighted by Crippen LogP contribution is 2.45. The molecule has 238 valence electrons. The molecule has 0 aliphatic heterocycles. The Balaban J connectivity index is 4.18. The lowest BCUT2D eigenvalue weighted by Gasteiger charge is -2.27. The van der Waals surface area contributed by atoms with Gasteiger partial charge >= 0.3 is 19.8 Å². The third kappa shape index (κ3) is 23.6. The van der Waals surface area contributed by atoms with Gasteiger partial charge in [-0.2, -0.15) is 0 Å². The van der Waals surface area contributed by atoms with Crippen LogP contribution in [0.4, 0.5) is 0 Å². The minimum atomic E-state index is -4.34. The van der Waals surface area contributed by atoms with Gasteiger partial charge in [-0.3, -0.25) is 18.6 Å². The molecule has 12 heteroatoms. The minimum Gasteiger partial charge on any atom is -0.469 e. The Hall–Kier alpha value is -1.07. The average Bonchev–Trinajstić information content (AvgIpc) is 2.94. The van der Waals surface area contributed by atoms with Gasteiger partial charge in [-0.05, 0) is 25.7 Å². The van der Waals surface area contributed by atoms with Crippen LogP contribution in [0.2, 0.25) is 0 Å². The van der Waals surface area contributed by atoms with Gasteiger partial charge in [0.2, 0.25) is 0 Å². The summed E-state index contributed by atoms with van der Waals surface area (Å²) in [6, 6.07) is 0. The van der Waals surface area contributed by atoms with E-state index in [1.807, 2.05) is 0 Å². The number of hydrogen-bond acceptors (Lipinski definition) is 10. The molecular formula is C28H56NO10P. The molecule has 3 atom stereocenters. The molecule has 0 amide bonds. The molecule has 0 spiro atoms. The highest BCUT2D eigenvalue weighted by atomic mass is 31.2. The first-order chi connectivity index (χ1) is 19.3. The van der Waals surface area contributed by atoms with Gasteiger partial charge in [-0.15, -0.1) is 0 Å². The van der Waals surface area contributed by atoms with E-state index in [9.17, 15) is 24.2 Å². The molecule has 0 aliphatic rings. The molecule has 0 fully saturated rings. The zero-order valence-electron chi connectivity index (χ0n) is 24.9. The summed E-state index contributed by atoms with van der Waals surface area (Å²) in [7, 11) is -1.57. The first-order valence-electron chi connectivity index (χ1n) is 15.0. The number of phosphoric acid groups is 1. The van der Waals surface area contributed by atoms with Gasteiger partial charge in [0.1, 0.15) is 6.10 Å². The molecule has 0 rings (SSSR count). The number of unbranched alkanes of at least 4 members (excludes halogenated alkanes) is 13. The van der Waals surface area contributed by atoms with Crippen LogP contribution >= 0.6 is 7.82 Å². The first-order valence-corrected chi connectivity index (χ1v) is 16.5. The van der Waals surface area contributed by atoms with Crippen LogP contribution in [0.25, 0.3) is 0 Å². The first kappa shape index (κ1) is 38.9. The summed E-state index contributed by atoms with van der Waals surface area (Å²) in [4.78, 5) is 32.4. The number of hydrogen-bond donors (Lipinski definition) is 3. The normalized spacial score (nSPS) is 14.4. The highest BCUT2D eigenvalue weighted by molar-refractivity contribution is 7.47. The molecule has 4 N–H and O–H groups in total. The molecular weight excluding hydrogens is 541 g/mol. The van der Waals surface area contributed by atoms with Gasteiger partial charge in [-0.1, -0.05) is 77.0 Å². The van der Waals surface area contributed by atoms with Gasteiger partial charge < -0.3 is 29.9 Å². The van der Waals surface area contributed by atoms with Crippen LogP contribution in [0.1, 0.15) is 116 Å². The maximum absolute atomic E-state index is 12.3. The predicted octanol–water partition coefficient (Wildman–Crippen LogP) is 5.19. The fourth-order valence-corrected chi connectivity index (χ4v) is 5.30. The standard InChI is InChI=1S/C28H56NO10P/c1-35-27(31)19-15-13-11-9-7-5-3-4-6-8-10-12-14-18-25(39-40(33,34)38-23-21-29)26(24-30)37-22-17-16-20-28(32)36-2/h25-26,30H,3-24,29H2,1-2H3,(H,33,34)/t25-,26+/m1/s1. The van der Waals surface area contributed by atoms with Crippen LogP contribution in [0.15, 0.2) is 0 Å². The van der Waals surface area contributed by atoms with E-state index >= 15 is 0 Å². The summed E-state index contributed by atoms with van der Waals surface area (Å²) in [5.41, 5.74) is 5.36. The van der Waals surface area contributed by atoms with Crippen LogP contribution in [-0.4, -0.2) is 74.7 Å². The second-order valence-corrected chi connectivity index (χ2v) is 11.5. The molecule has 0 saturated carbocycles. The number of aliphatic hydroxyl groups excluding tert-OH is 1. The van der Waals surface area contributed by atoms with Crippen molar-refractivity contribution in [3.63, 3.8) is 0 Å². The highest BCUT2D eigenvalue weighted by Gasteiger charge is 2.32. The zero-order chi connectivity index (χ0) is 29.9. The average molecular weight is 598 g/mol. The van der Waals surface area contributed by atoms with Gasteiger partial charge in [-0.25, -0.2) is 4.57 Å². The maximum Gasteiger partial charge on any atom is 0.472 e. The molecule has 0 radical (unpaired) electrons. The van der Waals surface area contributed by atoms with Gasteiger partial charge in [0.15, 0.2) is 0 Å². The quantitative estimate of drug-likeness (QED) is 0.0590. The number of aliphatic hydroxyl groups is 1. The van der Waals surface area contributed by atoms with Crippen molar-refractivity contribution in [1.29, 1.82) is 0 Å². The Morgan fingerprint density at radius 3 is 1.60 bits per heavy atom. The van der Waals surface area contributed by atoms with Crippen molar-refractivity contribution in [2.75, 3.05) is 40.6 Å². The Kier molecular flexibility index (Phi) is 26.1. The lowest BCUT2D eigenvalue weighted by atomic mass is 10.0. The third-order valence-electron chi connectivity index (χ3n) is 6.67. The summed E-state index contributed by atoms with van der Waals surface area (Å²) in [6.07, 6.45) is 15.2. The van der Waals surface area contributed by atoms with E-state index in [-0.39, 0.29) is 44.7 Å². The number of carbonyl (C=O) groups excluding carboxylic acids is 2. The Bertz CT molecular complexity index is 667. The van der Waals surface area contributed by atoms with E-state index < -0.39 is 20.0 Å². The largest absolute Gasteiger partial charge is 0.472 e. The van der Waals surface area contributed by atoms with Gasteiger partial charge in [0.05, 0.1) is 33.5 Å². The van der Waals surface area contributed by atoms with Crippen LogP contribution in [0, 0.1) is 0 Å². The summed E-state index contributed by atoms with van der Waals surface area (Å²) in [6.45, 7) is -0.129. The molecule has 11 nitrogen and oxygen atoms in total. The molecule has 0 aromatic rings. The predicted molar refractivity (Wildman–Crippen MR) is 154 cm³/mol. The molecule has 0 aromatic carbocycles. The van der Waals surface area contributed by atoms with Crippen molar-refractivity contribution >= 4 is 19.8 Å². The second kappa shape index (κ2) is 26.8. The number of carbonyl (C=O) groups is 2. The van der Waals surface area contributed by atoms with Crippen molar-refractivity contribution in [1.82, 2.24) is 0 Å². The summed E-state index contributed by atoms with van der Waals surface area (Å²) >= 11 is 0. The summed E-state index contributed by atoms with van der Waals surface area (Å²) < 4.78 is 37.6. The van der Waals surface area contributed by atoms with Crippen molar-refractivity contribution in [2.24, 2.45) is 5.73 Å². The number of phosphoric ester groups is 1.